The van der Waals surface area contributed by atoms with Crippen molar-refractivity contribution in [2.45, 2.75) is 49.9 Å². The summed E-state index contributed by atoms with van der Waals surface area (Å²) in [4.78, 5) is 31.5. The van der Waals surface area contributed by atoms with Crippen LogP contribution in [0.3, 0.4) is 0 Å². The average Bonchev–Trinajstić information content (AvgIpc) is 3.52. The van der Waals surface area contributed by atoms with Crippen molar-refractivity contribution in [1.82, 2.24) is 19.9 Å². The van der Waals surface area contributed by atoms with Crippen LogP contribution in [-0.2, 0) is 11.8 Å². The summed E-state index contributed by atoms with van der Waals surface area (Å²) >= 11 is 0. The van der Waals surface area contributed by atoms with E-state index in [1.165, 1.54) is 0 Å². The Kier molecular flexibility index (Phi) is 4.03. The van der Waals surface area contributed by atoms with E-state index in [0.29, 0.717) is 17.8 Å². The van der Waals surface area contributed by atoms with Crippen molar-refractivity contribution in [2.24, 2.45) is 0 Å². The van der Waals surface area contributed by atoms with E-state index in [9.17, 15) is 4.79 Å². The lowest BCUT2D eigenvalue weighted by Gasteiger charge is -2.40. The largest absolute Gasteiger partial charge is 0.481 e. The monoisotopic (exact) mass is 383 g/mol. The second-order valence-corrected chi connectivity index (χ2v) is 8.08. The second kappa shape index (κ2) is 6.46. The predicted molar refractivity (Wildman–Crippen MR) is 103 cm³/mol. The zero-order valence-corrected chi connectivity index (χ0v) is 16.3. The molecule has 1 saturated carbocycles. The number of fused-ring (bicyclic) bond motifs is 2. The van der Waals surface area contributed by atoms with E-state index in [2.05, 4.69) is 19.9 Å². The van der Waals surface area contributed by atoms with E-state index in [1.807, 2.05) is 6.07 Å². The molecule has 0 amide bonds. The number of nitrogens with zero attached hydrogens (tertiary/aromatic N) is 4. The fourth-order valence-electron chi connectivity index (χ4n) is 4.62. The molecule has 148 valence electrons. The van der Waals surface area contributed by atoms with Gasteiger partial charge in [-0.1, -0.05) is 0 Å². The maximum Gasteiger partial charge on any atom is 0.321 e. The minimum absolute atomic E-state index is 0.0188. The summed E-state index contributed by atoms with van der Waals surface area (Å²) in [5.41, 5.74) is 2.07. The van der Waals surface area contributed by atoms with Gasteiger partial charge in [-0.25, -0.2) is 4.98 Å². The van der Waals surface area contributed by atoms with Gasteiger partial charge in [-0.05, 0) is 38.5 Å². The molecular formula is C20H25N5O3. The molecule has 1 N–H and O–H groups in total. The fraction of sp³-hybridized carbons (Fsp3) is 0.600. The summed E-state index contributed by atoms with van der Waals surface area (Å²) in [6.45, 7) is 1.71. The topological polar surface area (TPSA) is 93.2 Å². The normalized spacial score (nSPS) is 20.3. The molecule has 0 bridgehead atoms. The lowest BCUT2D eigenvalue weighted by atomic mass is 9.76. The van der Waals surface area contributed by atoms with Gasteiger partial charge in [0.2, 0.25) is 5.88 Å². The first-order valence-electron chi connectivity index (χ1n) is 9.97. The number of piperidine rings is 1. The number of aromatic amines is 1. The number of hydrogen-bond donors (Lipinski definition) is 1. The Morgan fingerprint density at radius 2 is 1.89 bits per heavy atom. The Hall–Kier alpha value is -2.64. The van der Waals surface area contributed by atoms with Crippen molar-refractivity contribution in [3.63, 3.8) is 0 Å². The molecule has 0 atom stereocenters. The van der Waals surface area contributed by atoms with Crippen molar-refractivity contribution in [2.75, 3.05) is 32.2 Å². The van der Waals surface area contributed by atoms with Gasteiger partial charge < -0.3 is 19.4 Å². The van der Waals surface area contributed by atoms with E-state index in [1.54, 1.807) is 14.2 Å². The molecule has 3 heterocycles. The molecule has 5 rings (SSSR count). The Morgan fingerprint density at radius 1 is 1.11 bits per heavy atom. The van der Waals surface area contributed by atoms with Crippen LogP contribution in [0.2, 0.25) is 0 Å². The summed E-state index contributed by atoms with van der Waals surface area (Å²) in [5, 5.41) is 0. The van der Waals surface area contributed by atoms with E-state index < -0.39 is 0 Å². The molecule has 0 unspecified atom stereocenters. The zero-order chi connectivity index (χ0) is 19.3. The van der Waals surface area contributed by atoms with Gasteiger partial charge in [-0.3, -0.25) is 4.79 Å². The number of methoxy groups -OCH3 is 2. The number of anilines is 1. The Labute approximate surface area is 163 Å². The first-order valence-corrected chi connectivity index (χ1v) is 9.97. The molecule has 28 heavy (non-hydrogen) atoms. The Balaban J connectivity index is 1.41. The van der Waals surface area contributed by atoms with E-state index in [4.69, 9.17) is 14.5 Å². The van der Waals surface area contributed by atoms with Gasteiger partial charge in [-0.15, -0.1) is 0 Å². The molecule has 2 fully saturated rings. The molecular weight excluding hydrogens is 358 g/mol. The van der Waals surface area contributed by atoms with Crippen molar-refractivity contribution in [1.29, 1.82) is 0 Å². The van der Waals surface area contributed by atoms with Crippen LogP contribution in [0.4, 0.5) is 5.82 Å². The standard InChI is InChI=1S/C20H25N5O3/c1-27-15-11-14(21-19(22-15)28-2)25-9-7-20(8-10-25)6-5-13-16(20)23-17(12-3-4-12)24-18(13)26/h11-12H,3-10H2,1-2H3,(H,23,24,26). The van der Waals surface area contributed by atoms with Crippen LogP contribution in [0.1, 0.15) is 55.1 Å². The van der Waals surface area contributed by atoms with Crippen LogP contribution in [0.25, 0.3) is 0 Å². The number of nitrogens with one attached hydrogen (secondary N) is 1. The molecule has 3 aliphatic rings. The lowest BCUT2D eigenvalue weighted by molar-refractivity contribution is 0.318. The average molecular weight is 383 g/mol. The number of hydrogen-bond acceptors (Lipinski definition) is 7. The van der Waals surface area contributed by atoms with Gasteiger partial charge in [0.1, 0.15) is 11.6 Å². The SMILES string of the molecule is COc1cc(N2CCC3(CCc4c3nc(C3CC3)[nH]c4=O)CC2)nc(OC)n1. The van der Waals surface area contributed by atoms with Gasteiger partial charge in [0.05, 0.1) is 19.9 Å². The molecule has 2 aromatic heterocycles. The first kappa shape index (κ1) is 17.5. The number of rotatable bonds is 4. The molecule has 1 saturated heterocycles. The van der Waals surface area contributed by atoms with Crippen LogP contribution in [0, 0.1) is 0 Å². The van der Waals surface area contributed by atoms with Crippen LogP contribution in [0.5, 0.6) is 11.9 Å². The highest BCUT2D eigenvalue weighted by atomic mass is 16.5. The van der Waals surface area contributed by atoms with Crippen molar-refractivity contribution in [3.05, 3.63) is 33.5 Å². The van der Waals surface area contributed by atoms with Gasteiger partial charge in [0.25, 0.3) is 5.56 Å². The summed E-state index contributed by atoms with van der Waals surface area (Å²) in [5.74, 6) is 2.67. The second-order valence-electron chi connectivity index (χ2n) is 8.08. The third-order valence-electron chi connectivity index (χ3n) is 6.46. The quantitative estimate of drug-likeness (QED) is 0.862. The number of H-pyrrole nitrogens is 1. The van der Waals surface area contributed by atoms with Gasteiger partial charge in [0, 0.05) is 36.1 Å². The van der Waals surface area contributed by atoms with Crippen LogP contribution >= 0.6 is 0 Å². The van der Waals surface area contributed by atoms with Crippen molar-refractivity contribution < 1.29 is 9.47 Å². The first-order chi connectivity index (χ1) is 13.6. The van der Waals surface area contributed by atoms with Crippen molar-refractivity contribution in [3.8, 4) is 11.9 Å². The minimum atomic E-state index is 0.0188. The predicted octanol–water partition coefficient (Wildman–Crippen LogP) is 1.94. The van der Waals surface area contributed by atoms with E-state index >= 15 is 0 Å². The molecule has 1 aliphatic heterocycles. The molecule has 8 heteroatoms. The number of aromatic nitrogens is 4. The van der Waals surface area contributed by atoms with Gasteiger partial charge >= 0.3 is 6.01 Å². The summed E-state index contributed by atoms with van der Waals surface area (Å²) in [6, 6.07) is 2.15. The number of ether oxygens (including phenoxy) is 2. The maximum atomic E-state index is 12.6. The summed E-state index contributed by atoms with van der Waals surface area (Å²) in [7, 11) is 3.15. The summed E-state index contributed by atoms with van der Waals surface area (Å²) < 4.78 is 10.5. The Bertz CT molecular complexity index is 939. The fourth-order valence-corrected chi connectivity index (χ4v) is 4.62. The molecule has 8 nitrogen and oxygen atoms in total. The van der Waals surface area contributed by atoms with Crippen LogP contribution in [0.15, 0.2) is 10.9 Å². The van der Waals surface area contributed by atoms with Crippen LogP contribution in [-0.4, -0.2) is 47.2 Å². The van der Waals surface area contributed by atoms with Crippen molar-refractivity contribution >= 4 is 5.82 Å². The lowest BCUT2D eigenvalue weighted by Crippen LogP contribution is -2.42. The highest BCUT2D eigenvalue weighted by molar-refractivity contribution is 5.45. The van der Waals surface area contributed by atoms with E-state index in [-0.39, 0.29) is 11.0 Å². The van der Waals surface area contributed by atoms with Crippen LogP contribution < -0.4 is 19.9 Å². The van der Waals surface area contributed by atoms with Gasteiger partial charge in [-0.2, -0.15) is 9.97 Å². The third kappa shape index (κ3) is 2.82. The highest BCUT2D eigenvalue weighted by Gasteiger charge is 2.45. The Morgan fingerprint density at radius 3 is 2.57 bits per heavy atom. The molecule has 2 aliphatic carbocycles. The highest BCUT2D eigenvalue weighted by Crippen LogP contribution is 2.46. The maximum absolute atomic E-state index is 12.6. The zero-order valence-electron chi connectivity index (χ0n) is 16.3. The molecule has 0 aromatic carbocycles. The third-order valence-corrected chi connectivity index (χ3v) is 6.46. The minimum Gasteiger partial charge on any atom is -0.481 e. The summed E-state index contributed by atoms with van der Waals surface area (Å²) in [6.07, 6.45) is 6.05. The van der Waals surface area contributed by atoms with Gasteiger partial charge in [0.15, 0.2) is 0 Å². The molecule has 0 radical (unpaired) electrons. The van der Waals surface area contributed by atoms with E-state index in [0.717, 1.165) is 74.5 Å². The molecule has 2 aromatic rings. The molecule has 1 spiro atoms. The smallest absolute Gasteiger partial charge is 0.321 e.